The highest BCUT2D eigenvalue weighted by molar-refractivity contribution is 7.18. The molecule has 0 atom stereocenters. The summed E-state index contributed by atoms with van der Waals surface area (Å²) in [4.78, 5) is 28.4. The zero-order valence-corrected chi connectivity index (χ0v) is 19.8. The van der Waals surface area contributed by atoms with Crippen LogP contribution < -0.4 is 10.1 Å². The number of aromatic nitrogens is 1. The average Bonchev–Trinajstić information content (AvgIpc) is 3.21. The van der Waals surface area contributed by atoms with Gasteiger partial charge in [-0.15, -0.1) is 11.3 Å². The number of fused-ring (bicyclic) bond motifs is 1. The average molecular weight is 496 g/mol. The van der Waals surface area contributed by atoms with Gasteiger partial charge in [0.2, 0.25) is 0 Å². The molecule has 33 heavy (non-hydrogen) atoms. The van der Waals surface area contributed by atoms with Crippen LogP contribution in [0, 0.1) is 17.6 Å². The standard InChI is InChI=1S/C16H11ClF2N2O2S.C7H13NO/c1-20-16(22)14-9(18)3-4-11(15(14)19)23-7-13-21-10-6-8(17)2-5-12(10)24-13;1-8-4-2-7(6-9)3-5-8/h2-6H,7H2,1H3,(H,20,22);6-7H,2-5H2,1H3. The van der Waals surface area contributed by atoms with Crippen molar-refractivity contribution in [3.8, 4) is 5.75 Å². The van der Waals surface area contributed by atoms with Gasteiger partial charge in [-0.1, -0.05) is 11.6 Å². The van der Waals surface area contributed by atoms with Gasteiger partial charge in [-0.25, -0.2) is 13.8 Å². The molecule has 0 aliphatic carbocycles. The third kappa shape index (κ3) is 6.46. The number of amides is 1. The van der Waals surface area contributed by atoms with Crippen molar-refractivity contribution in [2.45, 2.75) is 19.4 Å². The molecule has 1 N–H and O–H groups in total. The van der Waals surface area contributed by atoms with Gasteiger partial charge in [0.1, 0.15) is 29.3 Å². The van der Waals surface area contributed by atoms with Crippen molar-refractivity contribution in [2.75, 3.05) is 27.2 Å². The SMILES string of the molecule is CN1CCC(C=O)CC1.CNC(=O)c1c(F)ccc(OCc2nc3cc(Cl)ccc3s2)c1F. The van der Waals surface area contributed by atoms with Crippen molar-refractivity contribution in [3.05, 3.63) is 57.6 Å². The van der Waals surface area contributed by atoms with Crippen LogP contribution in [0.1, 0.15) is 28.2 Å². The Balaban J connectivity index is 0.000000286. The normalized spacial score (nSPS) is 14.5. The van der Waals surface area contributed by atoms with Crippen LogP contribution in [0.3, 0.4) is 0 Å². The lowest BCUT2D eigenvalue weighted by Gasteiger charge is -2.25. The van der Waals surface area contributed by atoms with Gasteiger partial charge in [-0.2, -0.15) is 0 Å². The van der Waals surface area contributed by atoms with Crippen molar-refractivity contribution < 1.29 is 23.1 Å². The summed E-state index contributed by atoms with van der Waals surface area (Å²) >= 11 is 7.29. The van der Waals surface area contributed by atoms with Gasteiger partial charge in [-0.05, 0) is 63.3 Å². The van der Waals surface area contributed by atoms with E-state index in [9.17, 15) is 18.4 Å². The molecular formula is C23H24ClF2N3O3S. The molecule has 1 aromatic heterocycles. The Morgan fingerprint density at radius 1 is 1.30 bits per heavy atom. The Morgan fingerprint density at radius 3 is 2.70 bits per heavy atom. The van der Waals surface area contributed by atoms with Crippen LogP contribution >= 0.6 is 22.9 Å². The number of rotatable bonds is 5. The van der Waals surface area contributed by atoms with Gasteiger partial charge in [0.05, 0.1) is 10.2 Å². The topological polar surface area (TPSA) is 71.5 Å². The van der Waals surface area contributed by atoms with Crippen molar-refractivity contribution in [3.63, 3.8) is 0 Å². The number of hydrogen-bond acceptors (Lipinski definition) is 6. The summed E-state index contributed by atoms with van der Waals surface area (Å²) in [6.45, 7) is 2.17. The first kappa shape index (κ1) is 25.0. The highest BCUT2D eigenvalue weighted by atomic mass is 35.5. The Morgan fingerprint density at radius 2 is 2.03 bits per heavy atom. The third-order valence-corrected chi connectivity index (χ3v) is 6.46. The number of nitrogens with one attached hydrogen (secondary N) is 1. The summed E-state index contributed by atoms with van der Waals surface area (Å²) in [6.07, 6.45) is 3.20. The minimum atomic E-state index is -1.04. The maximum Gasteiger partial charge on any atom is 0.257 e. The molecule has 1 aliphatic heterocycles. The quantitative estimate of drug-likeness (QED) is 0.520. The van der Waals surface area contributed by atoms with E-state index >= 15 is 0 Å². The van der Waals surface area contributed by atoms with Crippen molar-refractivity contribution in [2.24, 2.45) is 5.92 Å². The zero-order valence-electron chi connectivity index (χ0n) is 18.2. The molecule has 2 heterocycles. The molecular weight excluding hydrogens is 472 g/mol. The number of benzene rings is 2. The number of carbonyl (C=O) groups excluding carboxylic acids is 2. The van der Waals surface area contributed by atoms with Crippen molar-refractivity contribution >= 4 is 45.3 Å². The maximum atomic E-state index is 14.3. The van der Waals surface area contributed by atoms with E-state index in [0.29, 0.717) is 15.9 Å². The molecule has 2 aromatic carbocycles. The van der Waals surface area contributed by atoms with Crippen LogP contribution in [-0.4, -0.2) is 49.3 Å². The van der Waals surface area contributed by atoms with Crippen molar-refractivity contribution in [1.29, 1.82) is 0 Å². The van der Waals surface area contributed by atoms with Crippen LogP contribution in [-0.2, 0) is 11.4 Å². The second-order valence-corrected chi connectivity index (χ2v) is 9.15. The Kier molecular flexibility index (Phi) is 8.71. The molecule has 0 bridgehead atoms. The van der Waals surface area contributed by atoms with E-state index in [0.717, 1.165) is 54.6 Å². The maximum absolute atomic E-state index is 14.3. The summed E-state index contributed by atoms with van der Waals surface area (Å²) in [6, 6.07) is 7.43. The van der Waals surface area contributed by atoms with Crippen LogP contribution in [0.25, 0.3) is 10.2 Å². The predicted molar refractivity (Wildman–Crippen MR) is 125 cm³/mol. The van der Waals surface area contributed by atoms with Gasteiger partial charge in [0.15, 0.2) is 11.6 Å². The number of likely N-dealkylation sites (tertiary alicyclic amines) is 1. The molecule has 3 aromatic rings. The molecule has 0 spiro atoms. The van der Waals surface area contributed by atoms with E-state index in [1.165, 1.54) is 18.4 Å². The van der Waals surface area contributed by atoms with E-state index in [-0.39, 0.29) is 12.4 Å². The molecule has 10 heteroatoms. The van der Waals surface area contributed by atoms with E-state index in [2.05, 4.69) is 22.2 Å². The van der Waals surface area contributed by atoms with Crippen molar-refractivity contribution in [1.82, 2.24) is 15.2 Å². The highest BCUT2D eigenvalue weighted by Crippen LogP contribution is 2.28. The van der Waals surface area contributed by atoms with Gasteiger partial charge in [-0.3, -0.25) is 4.79 Å². The summed E-state index contributed by atoms with van der Waals surface area (Å²) in [5.74, 6) is -2.72. The van der Waals surface area contributed by atoms with Gasteiger partial charge in [0.25, 0.3) is 5.91 Å². The lowest BCUT2D eigenvalue weighted by atomic mass is 9.99. The van der Waals surface area contributed by atoms with Gasteiger partial charge in [0, 0.05) is 18.0 Å². The molecule has 0 unspecified atom stereocenters. The van der Waals surface area contributed by atoms with Crippen LogP contribution in [0.4, 0.5) is 8.78 Å². The number of aldehydes is 1. The first-order valence-corrected chi connectivity index (χ1v) is 11.5. The fourth-order valence-electron chi connectivity index (χ4n) is 3.29. The largest absolute Gasteiger partial charge is 0.483 e. The summed E-state index contributed by atoms with van der Waals surface area (Å²) < 4.78 is 34.2. The molecule has 0 saturated carbocycles. The van der Waals surface area contributed by atoms with E-state index < -0.39 is 23.1 Å². The highest BCUT2D eigenvalue weighted by Gasteiger charge is 2.21. The summed E-state index contributed by atoms with van der Waals surface area (Å²) in [5, 5.41) is 3.37. The van der Waals surface area contributed by atoms with E-state index in [1.54, 1.807) is 12.1 Å². The van der Waals surface area contributed by atoms with Crippen LogP contribution in [0.5, 0.6) is 5.75 Å². The third-order valence-electron chi connectivity index (χ3n) is 5.21. The Bertz CT molecular complexity index is 1130. The fourth-order valence-corrected chi connectivity index (χ4v) is 4.32. The van der Waals surface area contributed by atoms with E-state index in [4.69, 9.17) is 16.3 Å². The van der Waals surface area contributed by atoms with Crippen LogP contribution in [0.15, 0.2) is 30.3 Å². The summed E-state index contributed by atoms with van der Waals surface area (Å²) in [5.41, 5.74) is 0.0443. The molecule has 176 valence electrons. The smallest absolute Gasteiger partial charge is 0.257 e. The van der Waals surface area contributed by atoms with E-state index in [1.807, 2.05) is 6.07 Å². The molecule has 6 nitrogen and oxygen atoms in total. The number of carbonyl (C=O) groups is 2. The fraction of sp³-hybridized carbons (Fsp3) is 0.348. The number of halogens is 3. The molecule has 1 fully saturated rings. The molecule has 1 saturated heterocycles. The Labute approximate surface area is 199 Å². The lowest BCUT2D eigenvalue weighted by molar-refractivity contribution is -0.112. The number of nitrogens with zero attached hydrogens (tertiary/aromatic N) is 2. The van der Waals surface area contributed by atoms with Crippen LogP contribution in [0.2, 0.25) is 5.02 Å². The number of ether oxygens (including phenoxy) is 1. The number of hydrogen-bond donors (Lipinski definition) is 1. The number of piperidine rings is 1. The molecule has 1 amide bonds. The molecule has 1 aliphatic rings. The minimum absolute atomic E-state index is 0.00724. The van der Waals surface area contributed by atoms with Gasteiger partial charge >= 0.3 is 0 Å². The first-order valence-electron chi connectivity index (χ1n) is 10.3. The number of thiazole rings is 1. The molecule has 4 rings (SSSR count). The monoisotopic (exact) mass is 495 g/mol. The first-order chi connectivity index (χ1) is 15.8. The molecule has 0 radical (unpaired) electrons. The summed E-state index contributed by atoms with van der Waals surface area (Å²) in [7, 11) is 3.39. The van der Waals surface area contributed by atoms with Gasteiger partial charge < -0.3 is 19.7 Å². The lowest BCUT2D eigenvalue weighted by Crippen LogP contribution is -2.30. The Hall–Kier alpha value is -2.62. The second-order valence-electron chi connectivity index (χ2n) is 7.60. The predicted octanol–water partition coefficient (Wildman–Crippen LogP) is 4.69. The minimum Gasteiger partial charge on any atom is -0.483 e. The zero-order chi connectivity index (χ0) is 24.0. The second kappa shape index (κ2) is 11.5.